The van der Waals surface area contributed by atoms with Crippen molar-refractivity contribution in [3.05, 3.63) is 54.1 Å². The molecule has 0 aliphatic carbocycles. The zero-order valence-electron chi connectivity index (χ0n) is 13.0. The van der Waals surface area contributed by atoms with E-state index in [0.717, 1.165) is 33.3 Å². The van der Waals surface area contributed by atoms with E-state index in [1.54, 1.807) is 14.2 Å². The summed E-state index contributed by atoms with van der Waals surface area (Å²) in [5.74, 6) is 1.41. The summed E-state index contributed by atoms with van der Waals surface area (Å²) in [4.78, 5) is 0. The van der Waals surface area contributed by atoms with Gasteiger partial charge >= 0.3 is 0 Å². The van der Waals surface area contributed by atoms with Crippen LogP contribution in [0.3, 0.4) is 0 Å². The first-order valence-electron chi connectivity index (χ1n) is 7.16. The van der Waals surface area contributed by atoms with Crippen molar-refractivity contribution >= 4 is 16.5 Å². The molecule has 0 heterocycles. The molecule has 3 rings (SSSR count). The second kappa shape index (κ2) is 5.60. The Balaban J connectivity index is 2.43. The monoisotopic (exact) mass is 293 g/mol. The Morgan fingerprint density at radius 2 is 1.59 bits per heavy atom. The van der Waals surface area contributed by atoms with Crippen LogP contribution in [0, 0.1) is 6.92 Å². The molecule has 0 unspecified atom stereocenters. The molecule has 0 radical (unpaired) electrons. The highest BCUT2D eigenvalue weighted by Crippen LogP contribution is 2.45. The number of hydrogen-bond acceptors (Lipinski definition) is 3. The number of aryl methyl sites for hydroxylation is 1. The lowest BCUT2D eigenvalue weighted by Gasteiger charge is -2.17. The smallest absolute Gasteiger partial charge is 0.169 e. The van der Waals surface area contributed by atoms with Crippen LogP contribution in [0.1, 0.15) is 5.56 Å². The Hall–Kier alpha value is -2.68. The summed E-state index contributed by atoms with van der Waals surface area (Å²) in [5.41, 5.74) is 10.2. The van der Waals surface area contributed by atoms with Gasteiger partial charge in [-0.3, -0.25) is 0 Å². The van der Waals surface area contributed by atoms with Crippen LogP contribution in [0.4, 0.5) is 5.69 Å². The fourth-order valence-corrected chi connectivity index (χ4v) is 2.77. The van der Waals surface area contributed by atoms with Gasteiger partial charge in [0.25, 0.3) is 0 Å². The molecule has 112 valence electrons. The van der Waals surface area contributed by atoms with Gasteiger partial charge in [0.15, 0.2) is 11.5 Å². The number of benzene rings is 3. The highest BCUT2D eigenvalue weighted by Gasteiger charge is 2.17. The summed E-state index contributed by atoms with van der Waals surface area (Å²) in [6.45, 7) is 2.07. The highest BCUT2D eigenvalue weighted by molar-refractivity contribution is 6.06. The van der Waals surface area contributed by atoms with Gasteiger partial charge in [0, 0.05) is 16.6 Å². The van der Waals surface area contributed by atoms with Crippen LogP contribution in [0.2, 0.25) is 0 Å². The first kappa shape index (κ1) is 14.3. The van der Waals surface area contributed by atoms with Crippen molar-refractivity contribution in [1.29, 1.82) is 0 Å². The van der Waals surface area contributed by atoms with Crippen LogP contribution in [0.25, 0.3) is 21.9 Å². The summed E-state index contributed by atoms with van der Waals surface area (Å²) < 4.78 is 11.1. The summed E-state index contributed by atoms with van der Waals surface area (Å²) in [5, 5.41) is 2.03. The SMILES string of the molecule is COc1cc2c(N)cccc2c(-c2ccc(C)cc2)c1OC. The standard InChI is InChI=1S/C19H19NO2/c1-12-7-9-13(10-8-12)18-14-5-4-6-16(20)15(14)11-17(21-2)19(18)22-3/h4-11H,20H2,1-3H3. The summed E-state index contributed by atoms with van der Waals surface area (Å²) in [6, 6.07) is 16.2. The van der Waals surface area contributed by atoms with E-state index >= 15 is 0 Å². The average Bonchev–Trinajstić information content (AvgIpc) is 2.54. The predicted octanol–water partition coefficient (Wildman–Crippen LogP) is 4.41. The molecule has 3 nitrogen and oxygen atoms in total. The van der Waals surface area contributed by atoms with Gasteiger partial charge in [0.2, 0.25) is 0 Å². The zero-order chi connectivity index (χ0) is 15.7. The van der Waals surface area contributed by atoms with E-state index in [1.807, 2.05) is 18.2 Å². The van der Waals surface area contributed by atoms with Gasteiger partial charge in [-0.15, -0.1) is 0 Å². The molecule has 3 aromatic rings. The summed E-state index contributed by atoms with van der Waals surface area (Å²) >= 11 is 0. The molecule has 3 aromatic carbocycles. The van der Waals surface area contributed by atoms with Crippen molar-refractivity contribution in [2.75, 3.05) is 20.0 Å². The van der Waals surface area contributed by atoms with Crippen LogP contribution in [-0.2, 0) is 0 Å². The Morgan fingerprint density at radius 1 is 0.864 bits per heavy atom. The fourth-order valence-electron chi connectivity index (χ4n) is 2.77. The molecular formula is C19H19NO2. The van der Waals surface area contributed by atoms with Crippen molar-refractivity contribution in [3.63, 3.8) is 0 Å². The molecule has 0 saturated heterocycles. The van der Waals surface area contributed by atoms with Crippen LogP contribution in [-0.4, -0.2) is 14.2 Å². The molecule has 0 fully saturated rings. The number of ether oxygens (including phenoxy) is 2. The number of fused-ring (bicyclic) bond motifs is 1. The fraction of sp³-hybridized carbons (Fsp3) is 0.158. The summed E-state index contributed by atoms with van der Waals surface area (Å²) in [6.07, 6.45) is 0. The van der Waals surface area contributed by atoms with Gasteiger partial charge in [-0.25, -0.2) is 0 Å². The summed E-state index contributed by atoms with van der Waals surface area (Å²) in [7, 11) is 3.30. The number of rotatable bonds is 3. The molecule has 0 aromatic heterocycles. The second-order valence-electron chi connectivity index (χ2n) is 5.30. The van der Waals surface area contributed by atoms with Crippen molar-refractivity contribution in [2.24, 2.45) is 0 Å². The van der Waals surface area contributed by atoms with Gasteiger partial charge < -0.3 is 15.2 Å². The maximum Gasteiger partial charge on any atom is 0.169 e. The quantitative estimate of drug-likeness (QED) is 0.727. The van der Waals surface area contributed by atoms with Crippen molar-refractivity contribution in [3.8, 4) is 22.6 Å². The van der Waals surface area contributed by atoms with Crippen molar-refractivity contribution in [2.45, 2.75) is 6.92 Å². The van der Waals surface area contributed by atoms with Crippen molar-refractivity contribution < 1.29 is 9.47 Å². The maximum absolute atomic E-state index is 6.15. The normalized spacial score (nSPS) is 10.7. The van der Waals surface area contributed by atoms with Crippen LogP contribution in [0.15, 0.2) is 48.5 Å². The predicted molar refractivity (Wildman–Crippen MR) is 91.6 cm³/mol. The maximum atomic E-state index is 6.15. The third kappa shape index (κ3) is 2.25. The second-order valence-corrected chi connectivity index (χ2v) is 5.30. The molecule has 3 heteroatoms. The topological polar surface area (TPSA) is 44.5 Å². The van der Waals surface area contributed by atoms with Gasteiger partial charge in [-0.05, 0) is 30.0 Å². The van der Waals surface area contributed by atoms with E-state index in [9.17, 15) is 0 Å². The lowest BCUT2D eigenvalue weighted by Crippen LogP contribution is -1.96. The minimum Gasteiger partial charge on any atom is -0.493 e. The first-order valence-corrected chi connectivity index (χ1v) is 7.16. The molecule has 0 spiro atoms. The van der Waals surface area contributed by atoms with Crippen LogP contribution in [0.5, 0.6) is 11.5 Å². The minimum atomic E-state index is 0.684. The van der Waals surface area contributed by atoms with Gasteiger partial charge in [0.05, 0.1) is 14.2 Å². The van der Waals surface area contributed by atoms with Gasteiger partial charge in [-0.1, -0.05) is 42.0 Å². The number of methoxy groups -OCH3 is 2. The van der Waals surface area contributed by atoms with Crippen LogP contribution < -0.4 is 15.2 Å². The molecule has 0 saturated carbocycles. The number of hydrogen-bond donors (Lipinski definition) is 1. The highest BCUT2D eigenvalue weighted by atomic mass is 16.5. The molecule has 22 heavy (non-hydrogen) atoms. The molecular weight excluding hydrogens is 274 g/mol. The molecule has 0 aliphatic heterocycles. The lowest BCUT2D eigenvalue weighted by molar-refractivity contribution is 0.357. The van der Waals surface area contributed by atoms with E-state index in [2.05, 4.69) is 37.3 Å². The first-order chi connectivity index (χ1) is 10.7. The molecule has 0 atom stereocenters. The lowest BCUT2D eigenvalue weighted by atomic mass is 9.95. The minimum absolute atomic E-state index is 0.684. The van der Waals surface area contributed by atoms with Gasteiger partial charge in [-0.2, -0.15) is 0 Å². The van der Waals surface area contributed by atoms with E-state index in [0.29, 0.717) is 5.75 Å². The number of nitrogen functional groups attached to an aromatic ring is 1. The molecule has 0 bridgehead atoms. The molecule has 2 N–H and O–H groups in total. The van der Waals surface area contributed by atoms with E-state index in [4.69, 9.17) is 15.2 Å². The third-order valence-electron chi connectivity index (χ3n) is 3.90. The number of anilines is 1. The molecule has 0 aliphatic rings. The molecule has 0 amide bonds. The van der Waals surface area contributed by atoms with Crippen LogP contribution >= 0.6 is 0 Å². The van der Waals surface area contributed by atoms with Gasteiger partial charge in [0.1, 0.15) is 0 Å². The Labute approximate surface area is 130 Å². The Morgan fingerprint density at radius 3 is 2.23 bits per heavy atom. The average molecular weight is 293 g/mol. The Kier molecular flexibility index (Phi) is 3.63. The van der Waals surface area contributed by atoms with E-state index in [1.165, 1.54) is 5.56 Å². The van der Waals surface area contributed by atoms with E-state index < -0.39 is 0 Å². The largest absolute Gasteiger partial charge is 0.493 e. The number of nitrogens with two attached hydrogens (primary N) is 1. The zero-order valence-corrected chi connectivity index (χ0v) is 13.0. The van der Waals surface area contributed by atoms with E-state index in [-0.39, 0.29) is 0 Å². The Bertz CT molecular complexity index is 823. The third-order valence-corrected chi connectivity index (χ3v) is 3.90. The van der Waals surface area contributed by atoms with Crippen molar-refractivity contribution in [1.82, 2.24) is 0 Å².